The lowest BCUT2D eigenvalue weighted by Crippen LogP contribution is -2.09. The molecule has 0 spiro atoms. The molecule has 2 N–H and O–H groups in total. The third kappa shape index (κ3) is 2.53. The molecule has 0 saturated carbocycles. The van der Waals surface area contributed by atoms with Crippen molar-refractivity contribution in [3.63, 3.8) is 0 Å². The highest BCUT2D eigenvalue weighted by atomic mass is 16.7. The van der Waals surface area contributed by atoms with Crippen LogP contribution in [0.4, 0.5) is 0 Å². The Labute approximate surface area is 118 Å². The molecular formula is C17H18N2O. The maximum Gasteiger partial charge on any atom is 0.140 e. The number of benzene rings is 2. The Balaban J connectivity index is 1.87. The van der Waals surface area contributed by atoms with Crippen molar-refractivity contribution in [2.75, 3.05) is 6.54 Å². The van der Waals surface area contributed by atoms with Crippen LogP contribution in [-0.4, -0.2) is 11.3 Å². The van der Waals surface area contributed by atoms with Crippen LogP contribution < -0.4 is 10.6 Å². The van der Waals surface area contributed by atoms with E-state index < -0.39 is 0 Å². The summed E-state index contributed by atoms with van der Waals surface area (Å²) in [4.78, 5) is 5.91. The predicted octanol–water partition coefficient (Wildman–Crippen LogP) is 2.77. The van der Waals surface area contributed by atoms with Crippen LogP contribution in [0.15, 0.2) is 60.8 Å². The van der Waals surface area contributed by atoms with E-state index in [-0.39, 0.29) is 0 Å². The van der Waals surface area contributed by atoms with Crippen molar-refractivity contribution in [3.8, 4) is 0 Å². The Hall–Kier alpha value is -2.26. The van der Waals surface area contributed by atoms with Crippen LogP contribution in [0.25, 0.3) is 10.9 Å². The highest BCUT2D eigenvalue weighted by molar-refractivity contribution is 5.83. The molecule has 0 fully saturated rings. The number of hydrogen-bond acceptors (Lipinski definition) is 2. The van der Waals surface area contributed by atoms with Gasteiger partial charge in [-0.2, -0.15) is 4.73 Å². The largest absolute Gasteiger partial charge is 0.409 e. The third-order valence-corrected chi connectivity index (χ3v) is 3.39. The molecule has 3 rings (SSSR count). The van der Waals surface area contributed by atoms with Gasteiger partial charge in [0, 0.05) is 11.6 Å². The van der Waals surface area contributed by atoms with E-state index in [2.05, 4.69) is 24.3 Å². The maximum absolute atomic E-state index is 5.91. The zero-order valence-electron chi connectivity index (χ0n) is 11.3. The first-order chi connectivity index (χ1) is 9.88. The summed E-state index contributed by atoms with van der Waals surface area (Å²) >= 11 is 0. The molecule has 0 amide bonds. The second-order valence-corrected chi connectivity index (χ2v) is 4.79. The van der Waals surface area contributed by atoms with Crippen LogP contribution in [0.3, 0.4) is 0 Å². The van der Waals surface area contributed by atoms with Crippen molar-refractivity contribution < 1.29 is 4.84 Å². The number of nitrogens with two attached hydrogens (primary N) is 1. The third-order valence-electron chi connectivity index (χ3n) is 3.39. The molecule has 102 valence electrons. The van der Waals surface area contributed by atoms with Gasteiger partial charge in [-0.05, 0) is 30.2 Å². The smallest absolute Gasteiger partial charge is 0.140 e. The first kappa shape index (κ1) is 12.8. The quantitative estimate of drug-likeness (QED) is 0.771. The molecule has 0 atom stereocenters. The Morgan fingerprint density at radius 1 is 0.950 bits per heavy atom. The molecule has 0 radical (unpaired) electrons. The molecule has 3 heteroatoms. The van der Waals surface area contributed by atoms with Crippen molar-refractivity contribution in [2.45, 2.75) is 13.0 Å². The molecule has 1 aromatic heterocycles. The van der Waals surface area contributed by atoms with Gasteiger partial charge in [0.1, 0.15) is 6.61 Å². The normalized spacial score (nSPS) is 10.8. The van der Waals surface area contributed by atoms with Gasteiger partial charge in [-0.1, -0.05) is 48.5 Å². The van der Waals surface area contributed by atoms with Crippen molar-refractivity contribution >= 4 is 10.9 Å². The highest BCUT2D eigenvalue weighted by Crippen LogP contribution is 2.20. The molecule has 0 aliphatic rings. The van der Waals surface area contributed by atoms with Gasteiger partial charge in [0.15, 0.2) is 0 Å². The summed E-state index contributed by atoms with van der Waals surface area (Å²) in [7, 11) is 0. The van der Waals surface area contributed by atoms with Crippen LogP contribution in [0, 0.1) is 0 Å². The maximum atomic E-state index is 5.91. The standard InChI is InChI=1S/C17H18N2O/c18-11-10-15-12-19(17-9-5-4-8-16(15)17)20-13-14-6-2-1-3-7-14/h1-9,12H,10-11,13,18H2. The van der Waals surface area contributed by atoms with Gasteiger partial charge >= 0.3 is 0 Å². The zero-order chi connectivity index (χ0) is 13.8. The Kier molecular flexibility index (Phi) is 3.70. The Morgan fingerprint density at radius 2 is 1.70 bits per heavy atom. The molecular weight excluding hydrogens is 248 g/mol. The number of aromatic nitrogens is 1. The fourth-order valence-electron chi connectivity index (χ4n) is 2.40. The van der Waals surface area contributed by atoms with Gasteiger partial charge in [-0.25, -0.2) is 0 Å². The predicted molar refractivity (Wildman–Crippen MR) is 81.4 cm³/mol. The first-order valence-corrected chi connectivity index (χ1v) is 6.85. The van der Waals surface area contributed by atoms with Gasteiger partial charge < -0.3 is 10.6 Å². The summed E-state index contributed by atoms with van der Waals surface area (Å²) in [6, 6.07) is 18.4. The molecule has 20 heavy (non-hydrogen) atoms. The fraction of sp³-hybridized carbons (Fsp3) is 0.176. The number of para-hydroxylation sites is 1. The van der Waals surface area contributed by atoms with Crippen LogP contribution in [0.1, 0.15) is 11.1 Å². The molecule has 3 nitrogen and oxygen atoms in total. The van der Waals surface area contributed by atoms with Gasteiger partial charge in [0.25, 0.3) is 0 Å². The average molecular weight is 266 g/mol. The average Bonchev–Trinajstić information content (AvgIpc) is 2.85. The van der Waals surface area contributed by atoms with Crippen molar-refractivity contribution in [3.05, 3.63) is 71.9 Å². The van der Waals surface area contributed by atoms with E-state index in [4.69, 9.17) is 10.6 Å². The van der Waals surface area contributed by atoms with Crippen molar-refractivity contribution in [1.82, 2.24) is 4.73 Å². The van der Waals surface area contributed by atoms with Crippen LogP contribution in [0.2, 0.25) is 0 Å². The van der Waals surface area contributed by atoms with E-state index in [1.54, 1.807) is 0 Å². The number of fused-ring (bicyclic) bond motifs is 1. The lowest BCUT2D eigenvalue weighted by molar-refractivity contribution is 0.107. The molecule has 2 aromatic carbocycles. The summed E-state index contributed by atoms with van der Waals surface area (Å²) in [5.41, 5.74) is 9.16. The molecule has 0 unspecified atom stereocenters. The zero-order valence-corrected chi connectivity index (χ0v) is 11.3. The second-order valence-electron chi connectivity index (χ2n) is 4.79. The van der Waals surface area contributed by atoms with E-state index in [1.807, 2.05) is 41.3 Å². The monoisotopic (exact) mass is 266 g/mol. The lowest BCUT2D eigenvalue weighted by atomic mass is 10.1. The van der Waals surface area contributed by atoms with Gasteiger partial charge in [-0.15, -0.1) is 0 Å². The minimum atomic E-state index is 0.557. The molecule has 0 aliphatic carbocycles. The van der Waals surface area contributed by atoms with Gasteiger partial charge in [-0.3, -0.25) is 0 Å². The van der Waals surface area contributed by atoms with Crippen LogP contribution in [-0.2, 0) is 13.0 Å². The first-order valence-electron chi connectivity index (χ1n) is 6.85. The lowest BCUT2D eigenvalue weighted by Gasteiger charge is -2.08. The highest BCUT2D eigenvalue weighted by Gasteiger charge is 2.08. The fourth-order valence-corrected chi connectivity index (χ4v) is 2.40. The van der Waals surface area contributed by atoms with E-state index >= 15 is 0 Å². The molecule has 3 aromatic rings. The minimum Gasteiger partial charge on any atom is -0.409 e. The summed E-state index contributed by atoms with van der Waals surface area (Å²) in [5, 5.41) is 1.21. The van der Waals surface area contributed by atoms with E-state index in [0.717, 1.165) is 17.5 Å². The Bertz CT molecular complexity index is 689. The van der Waals surface area contributed by atoms with Crippen LogP contribution >= 0.6 is 0 Å². The summed E-state index contributed by atoms with van der Waals surface area (Å²) in [6.07, 6.45) is 2.91. The van der Waals surface area contributed by atoms with E-state index in [9.17, 15) is 0 Å². The SMILES string of the molecule is NCCc1cn(OCc2ccccc2)c2ccccc12. The van der Waals surface area contributed by atoms with Crippen molar-refractivity contribution in [2.24, 2.45) is 5.73 Å². The van der Waals surface area contributed by atoms with Gasteiger partial charge in [0.05, 0.1) is 5.52 Å². The molecule has 0 aliphatic heterocycles. The Morgan fingerprint density at radius 3 is 2.50 bits per heavy atom. The summed E-state index contributed by atoms with van der Waals surface area (Å²) < 4.78 is 1.85. The van der Waals surface area contributed by atoms with Crippen LogP contribution in [0.5, 0.6) is 0 Å². The van der Waals surface area contributed by atoms with Gasteiger partial charge in [0.2, 0.25) is 0 Å². The topological polar surface area (TPSA) is 40.2 Å². The number of rotatable bonds is 5. The van der Waals surface area contributed by atoms with E-state index in [1.165, 1.54) is 10.9 Å². The van der Waals surface area contributed by atoms with Crippen molar-refractivity contribution in [1.29, 1.82) is 0 Å². The number of hydrogen-bond donors (Lipinski definition) is 1. The molecule has 1 heterocycles. The van der Waals surface area contributed by atoms with E-state index in [0.29, 0.717) is 13.2 Å². The molecule has 0 saturated heterocycles. The summed E-state index contributed by atoms with van der Waals surface area (Å²) in [5.74, 6) is 0. The molecule has 0 bridgehead atoms. The minimum absolute atomic E-state index is 0.557. The number of nitrogens with zero attached hydrogens (tertiary/aromatic N) is 1. The summed E-state index contributed by atoms with van der Waals surface area (Å²) in [6.45, 7) is 1.20. The second kappa shape index (κ2) is 5.80.